The highest BCUT2D eigenvalue weighted by Crippen LogP contribution is 2.38. The summed E-state index contributed by atoms with van der Waals surface area (Å²) in [6, 6.07) is 64.5. The Balaban J connectivity index is 0.000000319. The zero-order valence-corrected chi connectivity index (χ0v) is 32.4. The van der Waals surface area contributed by atoms with Crippen molar-refractivity contribution in [3.05, 3.63) is 211 Å². The van der Waals surface area contributed by atoms with Crippen LogP contribution in [0.4, 0.5) is 0 Å². The molecule has 272 valence electrons. The first-order valence-corrected chi connectivity index (χ1v) is 19.3. The lowest BCUT2D eigenvalue weighted by Crippen LogP contribution is -1.99. The van der Waals surface area contributed by atoms with Gasteiger partial charge < -0.3 is 9.13 Å². The molecule has 0 saturated heterocycles. The number of benzene rings is 7. The molecular formula is C53H45N3. The van der Waals surface area contributed by atoms with E-state index in [0.29, 0.717) is 0 Å². The Morgan fingerprint density at radius 2 is 1.05 bits per heavy atom. The molecule has 3 heteroatoms. The molecule has 56 heavy (non-hydrogen) atoms. The fraction of sp³-hybridized carbons (Fsp3) is 0.0755. The predicted octanol–water partition coefficient (Wildman–Crippen LogP) is 14.5. The second-order valence-corrected chi connectivity index (χ2v) is 14.0. The minimum absolute atomic E-state index is 0.902. The SMILES string of the molecule is C/C=C\C.Cc1ccccc1C.c1ccc(-c2cc(-c3ccccc3)nc(-n3ccc4cc5c(ccc6c7ccccc7n(-c7ccccc7)c56)cc43)c2)cc1. The number of aryl methyl sites for hydroxylation is 2. The van der Waals surface area contributed by atoms with Gasteiger partial charge in [-0.05, 0) is 104 Å². The maximum atomic E-state index is 5.19. The van der Waals surface area contributed by atoms with Gasteiger partial charge >= 0.3 is 0 Å². The van der Waals surface area contributed by atoms with Crippen molar-refractivity contribution in [2.75, 3.05) is 0 Å². The summed E-state index contributed by atoms with van der Waals surface area (Å²) in [7, 11) is 0. The number of rotatable bonds is 4. The number of para-hydroxylation sites is 2. The van der Waals surface area contributed by atoms with Crippen molar-refractivity contribution in [1.82, 2.24) is 14.1 Å². The molecule has 0 aliphatic rings. The quantitative estimate of drug-likeness (QED) is 0.166. The smallest absolute Gasteiger partial charge is 0.138 e. The molecule has 0 aliphatic carbocycles. The summed E-state index contributed by atoms with van der Waals surface area (Å²) >= 11 is 0. The molecule has 0 fully saturated rings. The van der Waals surface area contributed by atoms with Crippen LogP contribution in [-0.2, 0) is 0 Å². The normalized spacial score (nSPS) is 11.1. The minimum Gasteiger partial charge on any atom is -0.309 e. The molecule has 10 aromatic rings. The van der Waals surface area contributed by atoms with Gasteiger partial charge in [0.15, 0.2) is 0 Å². The summed E-state index contributed by atoms with van der Waals surface area (Å²) in [5.74, 6) is 0.902. The monoisotopic (exact) mass is 723 g/mol. The summed E-state index contributed by atoms with van der Waals surface area (Å²) in [4.78, 5) is 5.19. The molecule has 0 saturated carbocycles. The molecule has 0 unspecified atom stereocenters. The van der Waals surface area contributed by atoms with E-state index in [0.717, 1.165) is 28.2 Å². The second kappa shape index (κ2) is 16.2. The number of aromatic nitrogens is 3. The van der Waals surface area contributed by atoms with E-state index >= 15 is 0 Å². The average Bonchev–Trinajstić information content (AvgIpc) is 3.84. The predicted molar refractivity (Wildman–Crippen MR) is 240 cm³/mol. The molecule has 0 atom stereocenters. The first-order valence-electron chi connectivity index (χ1n) is 19.3. The van der Waals surface area contributed by atoms with E-state index in [1.807, 2.05) is 32.1 Å². The van der Waals surface area contributed by atoms with Gasteiger partial charge in [-0.15, -0.1) is 0 Å². The van der Waals surface area contributed by atoms with Crippen LogP contribution in [0.1, 0.15) is 25.0 Å². The van der Waals surface area contributed by atoms with Gasteiger partial charge in [0.05, 0.1) is 22.2 Å². The molecule has 7 aromatic carbocycles. The van der Waals surface area contributed by atoms with Crippen LogP contribution in [0.2, 0.25) is 0 Å². The fourth-order valence-electron chi connectivity index (χ4n) is 7.31. The second-order valence-electron chi connectivity index (χ2n) is 14.0. The Labute approximate surface area is 329 Å². The Kier molecular flexibility index (Phi) is 10.4. The summed E-state index contributed by atoms with van der Waals surface area (Å²) in [5, 5.41) is 6.15. The topological polar surface area (TPSA) is 22.8 Å². The standard InChI is InChI=1S/C41H27N3.C8H10.C4H8/c1-4-12-28(13-5-1)32-25-37(29-14-6-2-7-15-29)42-40(27-32)43-23-22-31-24-36-30(26-39(31)43)20-21-35-34-18-10-11-19-38(34)44(41(35)36)33-16-8-3-9-17-33;1-7-5-3-4-6-8(7)2;1-3-4-2/h1-27H;3-6H,1-2H3;3-4H,1-2H3/b;;4-3-. The van der Waals surface area contributed by atoms with Crippen molar-refractivity contribution in [2.24, 2.45) is 0 Å². The molecule has 0 amide bonds. The lowest BCUT2D eigenvalue weighted by Gasteiger charge is -2.13. The van der Waals surface area contributed by atoms with Gasteiger partial charge in [0.25, 0.3) is 0 Å². The zero-order valence-electron chi connectivity index (χ0n) is 32.4. The Hall–Kier alpha value is -6.97. The maximum Gasteiger partial charge on any atom is 0.138 e. The van der Waals surface area contributed by atoms with E-state index < -0.39 is 0 Å². The van der Waals surface area contributed by atoms with E-state index in [1.54, 1.807) is 0 Å². The lowest BCUT2D eigenvalue weighted by molar-refractivity contribution is 1.05. The molecule has 0 spiro atoms. The molecule has 0 aliphatic heterocycles. The van der Waals surface area contributed by atoms with Crippen LogP contribution in [0.25, 0.3) is 77.4 Å². The van der Waals surface area contributed by atoms with Crippen molar-refractivity contribution in [2.45, 2.75) is 27.7 Å². The Bertz CT molecular complexity index is 2850. The van der Waals surface area contributed by atoms with Crippen LogP contribution < -0.4 is 0 Å². The number of hydrogen-bond acceptors (Lipinski definition) is 1. The molecule has 10 rings (SSSR count). The summed E-state index contributed by atoms with van der Waals surface area (Å²) in [6.45, 7) is 8.24. The highest BCUT2D eigenvalue weighted by atomic mass is 15.1. The third kappa shape index (κ3) is 7.15. The van der Waals surface area contributed by atoms with Crippen LogP contribution in [0.5, 0.6) is 0 Å². The van der Waals surface area contributed by atoms with E-state index in [4.69, 9.17) is 4.98 Å². The van der Waals surface area contributed by atoms with Crippen LogP contribution in [0.15, 0.2) is 200 Å². The average molecular weight is 724 g/mol. The third-order valence-corrected chi connectivity index (χ3v) is 10.5. The fourth-order valence-corrected chi connectivity index (χ4v) is 7.31. The van der Waals surface area contributed by atoms with Gasteiger partial charge in [-0.1, -0.05) is 146 Å². The molecule has 0 radical (unpaired) electrons. The molecule has 3 aromatic heterocycles. The molecular weight excluding hydrogens is 679 g/mol. The lowest BCUT2D eigenvalue weighted by atomic mass is 10.0. The molecule has 3 heterocycles. The minimum atomic E-state index is 0.902. The van der Waals surface area contributed by atoms with Crippen molar-refractivity contribution in [3.63, 3.8) is 0 Å². The van der Waals surface area contributed by atoms with Crippen molar-refractivity contribution in [1.29, 1.82) is 0 Å². The zero-order chi connectivity index (χ0) is 38.4. The highest BCUT2D eigenvalue weighted by molar-refractivity contribution is 6.20. The summed E-state index contributed by atoms with van der Waals surface area (Å²) in [5.41, 5.74) is 11.9. The van der Waals surface area contributed by atoms with Gasteiger partial charge in [0, 0.05) is 39.0 Å². The van der Waals surface area contributed by atoms with Crippen molar-refractivity contribution < 1.29 is 0 Å². The van der Waals surface area contributed by atoms with Crippen LogP contribution >= 0.6 is 0 Å². The van der Waals surface area contributed by atoms with E-state index in [9.17, 15) is 0 Å². The molecule has 0 bridgehead atoms. The van der Waals surface area contributed by atoms with Gasteiger partial charge in [-0.25, -0.2) is 4.98 Å². The summed E-state index contributed by atoms with van der Waals surface area (Å²) < 4.78 is 4.64. The number of pyridine rings is 1. The van der Waals surface area contributed by atoms with Crippen LogP contribution in [0, 0.1) is 13.8 Å². The largest absolute Gasteiger partial charge is 0.309 e. The van der Waals surface area contributed by atoms with Crippen molar-refractivity contribution in [3.8, 4) is 33.9 Å². The van der Waals surface area contributed by atoms with Crippen LogP contribution in [-0.4, -0.2) is 14.1 Å². The van der Waals surface area contributed by atoms with Crippen molar-refractivity contribution >= 4 is 43.5 Å². The number of allylic oxidation sites excluding steroid dienone is 2. The van der Waals surface area contributed by atoms with Gasteiger partial charge in [-0.3, -0.25) is 0 Å². The first-order chi connectivity index (χ1) is 27.5. The highest BCUT2D eigenvalue weighted by Gasteiger charge is 2.17. The van der Waals surface area contributed by atoms with Crippen LogP contribution in [0.3, 0.4) is 0 Å². The third-order valence-electron chi connectivity index (χ3n) is 10.5. The molecule has 3 nitrogen and oxygen atoms in total. The maximum absolute atomic E-state index is 5.19. The Morgan fingerprint density at radius 3 is 1.71 bits per heavy atom. The van der Waals surface area contributed by atoms with Gasteiger partial charge in [-0.2, -0.15) is 0 Å². The van der Waals surface area contributed by atoms with E-state index in [-0.39, 0.29) is 0 Å². The summed E-state index contributed by atoms with van der Waals surface area (Å²) in [6.07, 6.45) is 6.15. The van der Waals surface area contributed by atoms with Gasteiger partial charge in [0.2, 0.25) is 0 Å². The molecule has 0 N–H and O–H groups in total. The first kappa shape index (κ1) is 36.0. The number of fused-ring (bicyclic) bond motifs is 6. The number of hydrogen-bond donors (Lipinski definition) is 0. The number of nitrogens with zero attached hydrogens (tertiary/aromatic N) is 3. The van der Waals surface area contributed by atoms with E-state index in [1.165, 1.54) is 60.3 Å². The Morgan fingerprint density at radius 1 is 0.446 bits per heavy atom. The van der Waals surface area contributed by atoms with E-state index in [2.05, 4.69) is 205 Å². The van der Waals surface area contributed by atoms with Gasteiger partial charge in [0.1, 0.15) is 5.82 Å².